The van der Waals surface area contributed by atoms with Crippen LogP contribution >= 0.6 is 0 Å². The third-order valence-corrected chi connectivity index (χ3v) is 19.7. The van der Waals surface area contributed by atoms with Gasteiger partial charge in [-0.15, -0.1) is 0 Å². The summed E-state index contributed by atoms with van der Waals surface area (Å²) in [6, 6.07) is 114. The van der Waals surface area contributed by atoms with Gasteiger partial charge in [-0.25, -0.2) is 9.97 Å². The number of nitriles is 1. The molecule has 19 aromatic rings. The molecule has 0 aliphatic heterocycles. The summed E-state index contributed by atoms with van der Waals surface area (Å²) in [5.41, 5.74) is 25.0. The lowest BCUT2D eigenvalue weighted by Gasteiger charge is -2.17. The number of rotatable bonds is 8. The number of para-hydroxylation sites is 6. The lowest BCUT2D eigenvalue weighted by molar-refractivity contribution is 1.12. The first-order valence-corrected chi connectivity index (χ1v) is 31.9. The highest BCUT2D eigenvalue weighted by molar-refractivity contribution is 6.25. The average molecular weight is 1190 g/mol. The highest BCUT2D eigenvalue weighted by Crippen LogP contribution is 2.52. The molecule has 0 bridgehead atoms. The van der Waals surface area contributed by atoms with E-state index in [0.29, 0.717) is 11.4 Å². The van der Waals surface area contributed by atoms with Gasteiger partial charge in [0.2, 0.25) is 0 Å². The molecule has 0 spiro atoms. The molecule has 1 aliphatic carbocycles. The van der Waals surface area contributed by atoms with Gasteiger partial charge in [0.1, 0.15) is 0 Å². The minimum atomic E-state index is 0.590. The maximum atomic E-state index is 10.0. The van der Waals surface area contributed by atoms with Crippen molar-refractivity contribution in [3.63, 3.8) is 0 Å². The second-order valence-electron chi connectivity index (χ2n) is 24.6. The Morgan fingerprint density at radius 3 is 1.03 bits per heavy atom. The molecular formula is C87H51N7. The molecule has 0 saturated heterocycles. The standard InChI is InChI=1S/C87H51N7/c88-52-53-45-47-55(48-46-53)85-84-69-35-15-21-54-22-16-36-70(79(54)69)86(84)90-87(89-85)56-49-59(93-73-39-13-9-29-67(73)82-63(33-19-43-77(82)93)61-31-17-41-75-80(61)65-27-7-11-37-71(65)91(75)57-23-3-1-4-24-57)51-60(50-56)94-74-40-14-10-30-68(74)83-64(34-20-44-78(83)94)62-32-18-42-76-81(62)66-28-8-12-38-72(66)92(76)58-25-5-2-6-26-58/h1-51H. The zero-order valence-electron chi connectivity index (χ0n) is 50.6. The molecule has 0 amide bonds. The van der Waals surface area contributed by atoms with Gasteiger partial charge >= 0.3 is 0 Å². The van der Waals surface area contributed by atoms with Gasteiger partial charge in [-0.1, -0.05) is 206 Å². The summed E-state index contributed by atoms with van der Waals surface area (Å²) >= 11 is 0. The first kappa shape index (κ1) is 51.9. The smallest absolute Gasteiger partial charge is 0.160 e. The van der Waals surface area contributed by atoms with Gasteiger partial charge in [-0.3, -0.25) is 0 Å². The van der Waals surface area contributed by atoms with E-state index in [0.717, 1.165) is 133 Å². The number of aromatic nitrogens is 6. The zero-order valence-corrected chi connectivity index (χ0v) is 50.6. The molecule has 20 rings (SSSR count). The van der Waals surface area contributed by atoms with Gasteiger partial charge in [-0.05, 0) is 142 Å². The van der Waals surface area contributed by atoms with Crippen LogP contribution in [-0.4, -0.2) is 28.2 Å². The fraction of sp³-hybridized carbons (Fsp3) is 0. The van der Waals surface area contributed by atoms with Gasteiger partial charge < -0.3 is 18.3 Å². The van der Waals surface area contributed by atoms with Crippen molar-refractivity contribution in [3.8, 4) is 96.1 Å². The average Bonchev–Trinajstić information content (AvgIpc) is 1.57. The van der Waals surface area contributed by atoms with E-state index in [1.807, 2.05) is 24.3 Å². The Bertz CT molecular complexity index is 6170. The Labute approximate surface area is 539 Å². The van der Waals surface area contributed by atoms with Gasteiger partial charge in [0.05, 0.1) is 67.2 Å². The Balaban J connectivity index is 0.876. The third-order valence-electron chi connectivity index (χ3n) is 19.7. The Morgan fingerprint density at radius 2 is 0.606 bits per heavy atom. The van der Waals surface area contributed by atoms with Crippen LogP contribution < -0.4 is 0 Å². The zero-order chi connectivity index (χ0) is 61.7. The summed E-state index contributed by atoms with van der Waals surface area (Å²) in [6.07, 6.45) is 0. The van der Waals surface area contributed by atoms with Crippen molar-refractivity contribution in [1.82, 2.24) is 28.2 Å². The molecule has 7 nitrogen and oxygen atoms in total. The van der Waals surface area contributed by atoms with Crippen LogP contribution in [0.2, 0.25) is 0 Å². The second kappa shape index (κ2) is 20.1. The van der Waals surface area contributed by atoms with E-state index in [1.54, 1.807) is 0 Å². The first-order valence-electron chi connectivity index (χ1n) is 31.9. The largest absolute Gasteiger partial charge is 0.309 e. The van der Waals surface area contributed by atoms with Gasteiger partial charge in [-0.2, -0.15) is 5.26 Å². The van der Waals surface area contributed by atoms with Crippen LogP contribution in [-0.2, 0) is 0 Å². The third kappa shape index (κ3) is 7.42. The second-order valence-corrected chi connectivity index (χ2v) is 24.6. The molecule has 0 fully saturated rings. The molecule has 94 heavy (non-hydrogen) atoms. The molecule has 0 atom stereocenters. The number of fused-ring (bicyclic) bond motifs is 15. The van der Waals surface area contributed by atoms with Crippen LogP contribution in [0.1, 0.15) is 5.56 Å². The monoisotopic (exact) mass is 1190 g/mol. The molecule has 0 N–H and O–H groups in total. The summed E-state index contributed by atoms with van der Waals surface area (Å²) in [7, 11) is 0. The van der Waals surface area contributed by atoms with Crippen LogP contribution in [0, 0.1) is 11.3 Å². The Morgan fingerprint density at radius 1 is 0.255 bits per heavy atom. The summed E-state index contributed by atoms with van der Waals surface area (Å²) in [5, 5.41) is 21.8. The summed E-state index contributed by atoms with van der Waals surface area (Å²) in [6.45, 7) is 0. The van der Waals surface area contributed by atoms with Crippen molar-refractivity contribution in [2.45, 2.75) is 0 Å². The SMILES string of the molecule is N#Cc1ccc(-c2nc(-c3cc(-n4c5ccccc5c5c(-c6cccc7c6c6ccccc6n7-c6ccccc6)cccc54)cc(-n4c5ccccc5c5c(-c6cccc7c6c6ccccc6n7-c6ccccc6)cccc54)c3)nc3c2-c2cccc4cccc-3c24)cc1. The molecule has 5 aromatic heterocycles. The van der Waals surface area contributed by atoms with Crippen molar-refractivity contribution in [2.24, 2.45) is 0 Å². The van der Waals surface area contributed by atoms with E-state index in [1.165, 1.54) is 48.8 Å². The van der Waals surface area contributed by atoms with Crippen LogP contribution in [0.15, 0.2) is 309 Å². The topological polar surface area (TPSA) is 69.3 Å². The number of hydrogen-bond donors (Lipinski definition) is 0. The highest BCUT2D eigenvalue weighted by Gasteiger charge is 2.30. The lowest BCUT2D eigenvalue weighted by atomic mass is 9.95. The molecule has 7 heteroatoms. The summed E-state index contributed by atoms with van der Waals surface area (Å²) in [4.78, 5) is 11.5. The van der Waals surface area contributed by atoms with Crippen LogP contribution in [0.4, 0.5) is 0 Å². The first-order chi connectivity index (χ1) is 46.6. The van der Waals surface area contributed by atoms with E-state index < -0.39 is 0 Å². The molecule has 0 radical (unpaired) electrons. The quantitative estimate of drug-likeness (QED) is 0.152. The van der Waals surface area contributed by atoms with Crippen molar-refractivity contribution in [2.75, 3.05) is 0 Å². The predicted molar refractivity (Wildman–Crippen MR) is 388 cm³/mol. The van der Waals surface area contributed by atoms with Gasteiger partial charge in [0, 0.05) is 88.1 Å². The number of nitrogens with zero attached hydrogens (tertiary/aromatic N) is 7. The number of hydrogen-bond acceptors (Lipinski definition) is 3. The van der Waals surface area contributed by atoms with Gasteiger partial charge in [0.25, 0.3) is 0 Å². The fourth-order valence-electron chi connectivity index (χ4n) is 15.9. The van der Waals surface area contributed by atoms with E-state index >= 15 is 0 Å². The minimum absolute atomic E-state index is 0.590. The number of benzene rings is 14. The Kier molecular flexibility index (Phi) is 11.1. The van der Waals surface area contributed by atoms with Crippen molar-refractivity contribution < 1.29 is 0 Å². The van der Waals surface area contributed by atoms with Crippen molar-refractivity contribution in [3.05, 3.63) is 315 Å². The fourth-order valence-corrected chi connectivity index (χ4v) is 15.9. The lowest BCUT2D eigenvalue weighted by Crippen LogP contribution is -2.02. The van der Waals surface area contributed by atoms with Crippen molar-refractivity contribution >= 4 is 98.0 Å². The molecular weight excluding hydrogens is 1140 g/mol. The van der Waals surface area contributed by atoms with E-state index in [9.17, 15) is 5.26 Å². The Hall–Kier alpha value is -12.9. The molecule has 14 aromatic carbocycles. The molecule has 434 valence electrons. The maximum Gasteiger partial charge on any atom is 0.160 e. The predicted octanol–water partition coefficient (Wildman–Crippen LogP) is 22.2. The normalized spacial score (nSPS) is 12.0. The summed E-state index contributed by atoms with van der Waals surface area (Å²) in [5.74, 6) is 0.594. The molecule has 0 unspecified atom stereocenters. The van der Waals surface area contributed by atoms with Gasteiger partial charge in [0.15, 0.2) is 5.82 Å². The molecule has 1 aliphatic rings. The van der Waals surface area contributed by atoms with Crippen molar-refractivity contribution in [1.29, 1.82) is 5.26 Å². The van der Waals surface area contributed by atoms with E-state index in [-0.39, 0.29) is 0 Å². The maximum absolute atomic E-state index is 10.0. The minimum Gasteiger partial charge on any atom is -0.309 e. The van der Waals surface area contributed by atoms with E-state index in [2.05, 4.69) is 309 Å². The van der Waals surface area contributed by atoms with E-state index in [4.69, 9.17) is 9.97 Å². The van der Waals surface area contributed by atoms with Crippen LogP contribution in [0.3, 0.4) is 0 Å². The highest BCUT2D eigenvalue weighted by atomic mass is 15.0. The van der Waals surface area contributed by atoms with Crippen LogP contribution in [0.5, 0.6) is 0 Å². The molecule has 0 saturated carbocycles. The summed E-state index contributed by atoms with van der Waals surface area (Å²) < 4.78 is 9.73. The van der Waals surface area contributed by atoms with Crippen LogP contribution in [0.25, 0.3) is 188 Å². The molecule has 5 heterocycles.